The van der Waals surface area contributed by atoms with Gasteiger partial charge in [0.25, 0.3) is 0 Å². The highest BCUT2D eigenvalue weighted by Crippen LogP contribution is 2.25. The monoisotopic (exact) mass is 465 g/mol. The number of benzene rings is 4. The van der Waals surface area contributed by atoms with E-state index in [0.717, 1.165) is 67.5 Å². The molecule has 0 aliphatic heterocycles. The summed E-state index contributed by atoms with van der Waals surface area (Å²) >= 11 is 0. The summed E-state index contributed by atoms with van der Waals surface area (Å²) in [5.74, 6) is 1.76. The predicted molar refractivity (Wildman–Crippen MR) is 149 cm³/mol. The van der Waals surface area contributed by atoms with Gasteiger partial charge in [0, 0.05) is 17.6 Å². The van der Waals surface area contributed by atoms with Gasteiger partial charge < -0.3 is 15.4 Å². The molecule has 0 aliphatic rings. The molecule has 0 bridgehead atoms. The highest BCUT2D eigenvalue weighted by atomic mass is 16.5. The third kappa shape index (κ3) is 7.10. The zero-order chi connectivity index (χ0) is 24.3. The Morgan fingerprint density at radius 3 is 2.29 bits per heavy atom. The summed E-state index contributed by atoms with van der Waals surface area (Å²) in [5.41, 5.74) is 4.39. The minimum absolute atomic E-state index is 0.746. The summed E-state index contributed by atoms with van der Waals surface area (Å²) < 4.78 is 6.07. The number of anilines is 1. The molecule has 4 rings (SSSR count). The fourth-order valence-corrected chi connectivity index (χ4v) is 4.05. The van der Waals surface area contributed by atoms with Crippen molar-refractivity contribution in [3.05, 3.63) is 102 Å². The summed E-state index contributed by atoms with van der Waals surface area (Å²) in [7, 11) is 0. The number of nitrogens with one attached hydrogen (secondary N) is 2. The predicted octanol–water partition coefficient (Wildman–Crippen LogP) is 7.79. The maximum atomic E-state index is 6.07. The quantitative estimate of drug-likeness (QED) is 0.143. The first-order valence-corrected chi connectivity index (χ1v) is 12.5. The molecule has 0 unspecified atom stereocenters. The highest BCUT2D eigenvalue weighted by Gasteiger charge is 2.05. The van der Waals surface area contributed by atoms with E-state index in [0.29, 0.717) is 0 Å². The molecule has 4 aromatic carbocycles. The second kappa shape index (κ2) is 12.6. The summed E-state index contributed by atoms with van der Waals surface area (Å²) in [6.07, 6.45) is 4.42. The maximum Gasteiger partial charge on any atom is 0.201 e. The third-order valence-corrected chi connectivity index (χ3v) is 6.12. The zero-order valence-electron chi connectivity index (χ0n) is 20.8. The van der Waals surface area contributed by atoms with Gasteiger partial charge in [-0.15, -0.1) is 0 Å². The summed E-state index contributed by atoms with van der Waals surface area (Å²) in [4.78, 5) is 4.87. The molecule has 0 fully saturated rings. The molecule has 0 saturated heterocycles. The molecule has 180 valence electrons. The molecule has 4 heteroatoms. The van der Waals surface area contributed by atoms with Gasteiger partial charge >= 0.3 is 0 Å². The van der Waals surface area contributed by atoms with Gasteiger partial charge in [-0.3, -0.25) is 0 Å². The van der Waals surface area contributed by atoms with Crippen molar-refractivity contribution in [2.75, 3.05) is 18.5 Å². The number of aryl methyl sites for hydroxylation is 2. The van der Waals surface area contributed by atoms with Crippen molar-refractivity contribution in [2.45, 2.75) is 39.5 Å². The molecule has 4 aromatic rings. The molecule has 2 N–H and O–H groups in total. The second-order valence-electron chi connectivity index (χ2n) is 8.85. The molecule has 4 nitrogen and oxygen atoms in total. The highest BCUT2D eigenvalue weighted by molar-refractivity contribution is 5.96. The maximum absolute atomic E-state index is 6.07. The smallest absolute Gasteiger partial charge is 0.201 e. The van der Waals surface area contributed by atoms with Crippen molar-refractivity contribution >= 4 is 28.1 Å². The van der Waals surface area contributed by atoms with Gasteiger partial charge in [0.2, 0.25) is 5.96 Å². The van der Waals surface area contributed by atoms with Crippen molar-refractivity contribution in [1.29, 1.82) is 0 Å². The number of nitrogens with zero attached hydrogens (tertiary/aromatic N) is 1. The van der Waals surface area contributed by atoms with Gasteiger partial charge in [0.15, 0.2) is 0 Å². The first-order chi connectivity index (χ1) is 17.2. The van der Waals surface area contributed by atoms with Crippen molar-refractivity contribution in [1.82, 2.24) is 5.32 Å². The molecule has 0 radical (unpaired) electrons. The number of fused-ring (bicyclic) bond motifs is 1. The van der Waals surface area contributed by atoms with Gasteiger partial charge in [-0.1, -0.05) is 85.6 Å². The van der Waals surface area contributed by atoms with E-state index in [1.165, 1.54) is 16.3 Å². The van der Waals surface area contributed by atoms with Crippen molar-refractivity contribution in [3.63, 3.8) is 0 Å². The van der Waals surface area contributed by atoms with Crippen LogP contribution in [0, 0.1) is 13.8 Å². The minimum Gasteiger partial charge on any atom is -0.493 e. The van der Waals surface area contributed by atoms with E-state index in [1.54, 1.807) is 0 Å². The number of rotatable bonds is 10. The van der Waals surface area contributed by atoms with Crippen LogP contribution in [0.15, 0.2) is 96.0 Å². The molecule has 0 atom stereocenters. The van der Waals surface area contributed by atoms with Gasteiger partial charge in [0.1, 0.15) is 5.75 Å². The van der Waals surface area contributed by atoms with Crippen LogP contribution in [0.25, 0.3) is 10.8 Å². The first-order valence-electron chi connectivity index (χ1n) is 12.5. The summed E-state index contributed by atoms with van der Waals surface area (Å²) in [6, 6.07) is 31.1. The van der Waals surface area contributed by atoms with E-state index < -0.39 is 0 Å². The number of aliphatic imine (C=N–C) groups is 1. The van der Waals surface area contributed by atoms with E-state index >= 15 is 0 Å². The molecule has 0 amide bonds. The Hall–Kier alpha value is -3.79. The number of ether oxygens (including phenoxy) is 1. The van der Waals surface area contributed by atoms with Crippen molar-refractivity contribution in [3.8, 4) is 5.75 Å². The average Bonchev–Trinajstić information content (AvgIpc) is 2.88. The Labute approximate surface area is 209 Å². The fraction of sp³-hybridized carbons (Fsp3) is 0.258. The number of para-hydroxylation sites is 2. The number of hydrogen-bond acceptors (Lipinski definition) is 2. The van der Waals surface area contributed by atoms with Crippen molar-refractivity contribution in [2.24, 2.45) is 4.99 Å². The van der Waals surface area contributed by atoms with Crippen LogP contribution in [0.2, 0.25) is 0 Å². The number of guanidine groups is 1. The van der Waals surface area contributed by atoms with E-state index in [4.69, 9.17) is 9.73 Å². The lowest BCUT2D eigenvalue weighted by Gasteiger charge is -2.15. The lowest BCUT2D eigenvalue weighted by atomic mass is 10.1. The van der Waals surface area contributed by atoms with Gasteiger partial charge in [0.05, 0.1) is 12.3 Å². The van der Waals surface area contributed by atoms with E-state index in [2.05, 4.69) is 91.2 Å². The summed E-state index contributed by atoms with van der Waals surface area (Å²) in [5, 5.41) is 9.40. The van der Waals surface area contributed by atoms with Gasteiger partial charge in [-0.05, 0) is 61.4 Å². The van der Waals surface area contributed by atoms with Gasteiger partial charge in [-0.2, -0.15) is 0 Å². The van der Waals surface area contributed by atoms with Crippen LogP contribution in [-0.2, 0) is 0 Å². The van der Waals surface area contributed by atoms with Crippen LogP contribution >= 0.6 is 0 Å². The third-order valence-electron chi connectivity index (χ3n) is 6.12. The molecule has 0 heterocycles. The van der Waals surface area contributed by atoms with Crippen LogP contribution in [0.4, 0.5) is 11.4 Å². The van der Waals surface area contributed by atoms with Crippen LogP contribution in [-0.4, -0.2) is 19.1 Å². The first kappa shape index (κ1) is 24.3. The molecular formula is C31H35N3O. The topological polar surface area (TPSA) is 45.7 Å². The lowest BCUT2D eigenvalue weighted by molar-refractivity contribution is 0.308. The minimum atomic E-state index is 0.746. The molecular weight excluding hydrogens is 430 g/mol. The molecule has 0 spiro atoms. The van der Waals surface area contributed by atoms with E-state index in [1.807, 2.05) is 24.3 Å². The number of unbranched alkanes of at least 4 members (excludes halogenated alkanes) is 3. The fourth-order valence-electron chi connectivity index (χ4n) is 4.05. The lowest BCUT2D eigenvalue weighted by Crippen LogP contribution is -2.31. The molecule has 0 aromatic heterocycles. The van der Waals surface area contributed by atoms with Crippen LogP contribution in [0.3, 0.4) is 0 Å². The molecule has 35 heavy (non-hydrogen) atoms. The van der Waals surface area contributed by atoms with Crippen LogP contribution < -0.4 is 15.4 Å². The van der Waals surface area contributed by atoms with Crippen molar-refractivity contribution < 1.29 is 4.74 Å². The largest absolute Gasteiger partial charge is 0.493 e. The van der Waals surface area contributed by atoms with Crippen LogP contribution in [0.5, 0.6) is 5.75 Å². The Morgan fingerprint density at radius 2 is 1.43 bits per heavy atom. The Balaban J connectivity index is 1.24. The average molecular weight is 466 g/mol. The van der Waals surface area contributed by atoms with E-state index in [9.17, 15) is 0 Å². The standard InChI is InChI=1S/C31H35N3O/c1-24-14-5-9-19-28(24)33-31(34-29-20-10-6-15-25(29)2)32-22-11-3-4-12-23-35-30-21-13-17-26-16-7-8-18-27(26)30/h5-10,13-21H,3-4,11-12,22-23H2,1-2H3,(H2,32,33,34). The zero-order valence-corrected chi connectivity index (χ0v) is 20.8. The second-order valence-corrected chi connectivity index (χ2v) is 8.85. The summed E-state index contributed by atoms with van der Waals surface area (Å²) in [6.45, 7) is 5.81. The van der Waals surface area contributed by atoms with Gasteiger partial charge in [-0.25, -0.2) is 4.99 Å². The Morgan fingerprint density at radius 1 is 0.714 bits per heavy atom. The van der Waals surface area contributed by atoms with Crippen LogP contribution in [0.1, 0.15) is 36.8 Å². The molecule has 0 saturated carbocycles. The normalized spacial score (nSPS) is 11.4. The number of hydrogen-bond donors (Lipinski definition) is 2. The Kier molecular flexibility index (Phi) is 8.77. The van der Waals surface area contributed by atoms with E-state index in [-0.39, 0.29) is 0 Å². The Bertz CT molecular complexity index is 1260. The molecule has 0 aliphatic carbocycles. The SMILES string of the molecule is Cc1ccccc1/N=C(/NCCCCCCOc1cccc2ccccc12)Nc1ccccc1C.